The van der Waals surface area contributed by atoms with Gasteiger partial charge in [0.2, 0.25) is 5.91 Å². The number of halogens is 4. The molecule has 0 aliphatic carbocycles. The summed E-state index contributed by atoms with van der Waals surface area (Å²) in [7, 11) is 0. The average Bonchev–Trinajstić information content (AvgIpc) is 3.01. The second-order valence-corrected chi connectivity index (χ2v) is 6.23. The van der Waals surface area contributed by atoms with Gasteiger partial charge in [-0.05, 0) is 42.8 Å². The monoisotopic (exact) mass is 388 g/mol. The molecule has 1 atom stereocenters. The van der Waals surface area contributed by atoms with Crippen molar-refractivity contribution in [3.63, 3.8) is 0 Å². The van der Waals surface area contributed by atoms with Crippen LogP contribution < -0.4 is 10.6 Å². The van der Waals surface area contributed by atoms with Gasteiger partial charge in [0.05, 0.1) is 5.69 Å². The number of hydrogen-bond acceptors (Lipinski definition) is 3. The van der Waals surface area contributed by atoms with Gasteiger partial charge in [-0.1, -0.05) is 19.1 Å². The number of carbonyl (C=O) groups excluding carboxylic acids is 1. The number of amides is 1. The Labute approximate surface area is 155 Å². The van der Waals surface area contributed by atoms with E-state index in [1.54, 1.807) is 24.3 Å². The van der Waals surface area contributed by atoms with Crippen molar-refractivity contribution in [1.29, 1.82) is 0 Å². The second kappa shape index (κ2) is 8.09. The Morgan fingerprint density at radius 3 is 2.46 bits per heavy atom. The molecule has 2 N–H and O–H groups in total. The lowest BCUT2D eigenvalue weighted by atomic mass is 9.88. The normalized spacial score (nSPS) is 15.7. The van der Waals surface area contributed by atoms with Crippen molar-refractivity contribution in [2.75, 3.05) is 13.1 Å². The van der Waals surface area contributed by atoms with Crippen molar-refractivity contribution < 1.29 is 18.0 Å². The molecule has 5 nitrogen and oxygen atoms in total. The number of nitrogens with zero attached hydrogens (tertiary/aromatic N) is 2. The third kappa shape index (κ3) is 4.56. The summed E-state index contributed by atoms with van der Waals surface area (Å²) in [5, 5.41) is 9.57. The Morgan fingerprint density at radius 2 is 1.96 bits per heavy atom. The zero-order valence-electron chi connectivity index (χ0n) is 14.1. The Kier molecular flexibility index (Phi) is 6.30. The minimum absolute atomic E-state index is 0. The van der Waals surface area contributed by atoms with E-state index in [1.807, 2.05) is 6.92 Å². The molecule has 1 fully saturated rings. The Hall–Kier alpha value is -2.06. The van der Waals surface area contributed by atoms with Crippen LogP contribution in [0.1, 0.15) is 18.2 Å². The van der Waals surface area contributed by atoms with Crippen LogP contribution in [0.5, 0.6) is 0 Å². The fourth-order valence-electron chi connectivity index (χ4n) is 2.61. The van der Waals surface area contributed by atoms with Crippen LogP contribution in [-0.4, -0.2) is 28.8 Å². The first-order valence-corrected chi connectivity index (χ1v) is 8.05. The Balaban J connectivity index is 0.00000243. The summed E-state index contributed by atoms with van der Waals surface area (Å²) >= 11 is 0. The number of alkyl halides is 3. The van der Waals surface area contributed by atoms with E-state index in [4.69, 9.17) is 0 Å². The molecule has 1 unspecified atom stereocenters. The number of rotatable bonds is 5. The molecule has 0 spiro atoms. The van der Waals surface area contributed by atoms with Crippen LogP contribution in [0.3, 0.4) is 0 Å². The van der Waals surface area contributed by atoms with Crippen molar-refractivity contribution in [3.8, 4) is 5.69 Å². The standard InChI is InChI=1S/C17H19F3N4O.ClH/c1-11(13-9-21-10-13)16(25)22-8-12-2-4-14(5-3-12)24-7-6-15(23-24)17(18,19)20;/h2-7,11,13,21H,8-10H2,1H3,(H,22,25);1H. The highest BCUT2D eigenvalue weighted by molar-refractivity contribution is 5.85. The van der Waals surface area contributed by atoms with Crippen LogP contribution in [0.4, 0.5) is 13.2 Å². The molecule has 1 aromatic heterocycles. The average molecular weight is 389 g/mol. The van der Waals surface area contributed by atoms with E-state index in [9.17, 15) is 18.0 Å². The molecule has 2 heterocycles. The number of hydrogen-bond donors (Lipinski definition) is 2. The molecule has 2 aromatic rings. The Morgan fingerprint density at radius 1 is 1.31 bits per heavy atom. The highest BCUT2D eigenvalue weighted by Crippen LogP contribution is 2.27. The summed E-state index contributed by atoms with van der Waals surface area (Å²) in [6, 6.07) is 7.81. The molecule has 1 amide bonds. The molecular weight excluding hydrogens is 369 g/mol. The van der Waals surface area contributed by atoms with E-state index in [0.29, 0.717) is 18.2 Å². The second-order valence-electron chi connectivity index (χ2n) is 6.23. The molecule has 142 valence electrons. The lowest BCUT2D eigenvalue weighted by Gasteiger charge is -2.31. The number of aromatic nitrogens is 2. The molecule has 9 heteroatoms. The largest absolute Gasteiger partial charge is 0.435 e. The maximum Gasteiger partial charge on any atom is 0.435 e. The summed E-state index contributed by atoms with van der Waals surface area (Å²) in [6.07, 6.45) is -3.18. The molecule has 1 aliphatic heterocycles. The molecule has 0 bridgehead atoms. The zero-order valence-corrected chi connectivity index (χ0v) is 14.9. The molecule has 0 saturated carbocycles. The molecule has 1 aromatic carbocycles. The maximum atomic E-state index is 12.6. The van der Waals surface area contributed by atoms with Gasteiger partial charge in [0.1, 0.15) is 0 Å². The molecule has 1 aliphatic rings. The van der Waals surface area contributed by atoms with Gasteiger partial charge in [0, 0.05) is 18.7 Å². The third-order valence-electron chi connectivity index (χ3n) is 4.48. The minimum atomic E-state index is -4.46. The van der Waals surface area contributed by atoms with Gasteiger partial charge in [-0.15, -0.1) is 12.4 Å². The first kappa shape index (κ1) is 20.3. The van der Waals surface area contributed by atoms with Crippen molar-refractivity contribution in [2.24, 2.45) is 11.8 Å². The van der Waals surface area contributed by atoms with Crippen molar-refractivity contribution in [2.45, 2.75) is 19.6 Å². The number of nitrogens with one attached hydrogen (secondary N) is 2. The van der Waals surface area contributed by atoms with Crippen LogP contribution in [0.2, 0.25) is 0 Å². The number of carbonyl (C=O) groups is 1. The first-order valence-electron chi connectivity index (χ1n) is 8.05. The van der Waals surface area contributed by atoms with E-state index in [2.05, 4.69) is 15.7 Å². The SMILES string of the molecule is CC(C(=O)NCc1ccc(-n2ccc(C(F)(F)F)n2)cc1)C1CNC1.Cl. The highest BCUT2D eigenvalue weighted by Gasteiger charge is 2.33. The summed E-state index contributed by atoms with van der Waals surface area (Å²) in [6.45, 7) is 4.04. The predicted molar refractivity (Wildman–Crippen MR) is 93.2 cm³/mol. The van der Waals surface area contributed by atoms with Crippen LogP contribution in [0.25, 0.3) is 5.69 Å². The van der Waals surface area contributed by atoms with Gasteiger partial charge in [-0.3, -0.25) is 4.79 Å². The first-order chi connectivity index (χ1) is 11.8. The highest BCUT2D eigenvalue weighted by atomic mass is 35.5. The summed E-state index contributed by atoms with van der Waals surface area (Å²) in [4.78, 5) is 12.1. The quantitative estimate of drug-likeness (QED) is 0.828. The third-order valence-corrected chi connectivity index (χ3v) is 4.48. The smallest absolute Gasteiger partial charge is 0.352 e. The van der Waals surface area contributed by atoms with E-state index < -0.39 is 11.9 Å². The summed E-state index contributed by atoms with van der Waals surface area (Å²) in [5.74, 6) is 0.355. The Bertz CT molecular complexity index is 741. The van der Waals surface area contributed by atoms with E-state index in [0.717, 1.165) is 24.7 Å². The van der Waals surface area contributed by atoms with Gasteiger partial charge in [0.15, 0.2) is 5.69 Å². The van der Waals surface area contributed by atoms with Gasteiger partial charge in [0.25, 0.3) is 0 Å². The van der Waals surface area contributed by atoms with E-state index in [1.165, 1.54) is 10.9 Å². The lowest BCUT2D eigenvalue weighted by molar-refractivity contribution is -0.141. The number of benzene rings is 1. The van der Waals surface area contributed by atoms with E-state index in [-0.39, 0.29) is 24.2 Å². The van der Waals surface area contributed by atoms with Crippen molar-refractivity contribution in [1.82, 2.24) is 20.4 Å². The van der Waals surface area contributed by atoms with Gasteiger partial charge < -0.3 is 10.6 Å². The van der Waals surface area contributed by atoms with Crippen molar-refractivity contribution >= 4 is 18.3 Å². The predicted octanol–water partition coefficient (Wildman–Crippen LogP) is 2.78. The van der Waals surface area contributed by atoms with Crippen LogP contribution in [0, 0.1) is 11.8 Å². The van der Waals surface area contributed by atoms with Crippen LogP contribution >= 0.6 is 12.4 Å². The van der Waals surface area contributed by atoms with E-state index >= 15 is 0 Å². The molecule has 26 heavy (non-hydrogen) atoms. The molecule has 0 radical (unpaired) electrons. The minimum Gasteiger partial charge on any atom is -0.352 e. The summed E-state index contributed by atoms with van der Waals surface area (Å²) in [5.41, 5.74) is 0.474. The van der Waals surface area contributed by atoms with Crippen LogP contribution in [0.15, 0.2) is 36.5 Å². The zero-order chi connectivity index (χ0) is 18.0. The fraction of sp³-hybridized carbons (Fsp3) is 0.412. The van der Waals surface area contributed by atoms with Gasteiger partial charge >= 0.3 is 6.18 Å². The van der Waals surface area contributed by atoms with Crippen molar-refractivity contribution in [3.05, 3.63) is 47.8 Å². The maximum absolute atomic E-state index is 12.6. The van der Waals surface area contributed by atoms with Crippen LogP contribution in [-0.2, 0) is 17.5 Å². The molecule has 1 saturated heterocycles. The topological polar surface area (TPSA) is 59.0 Å². The molecule has 3 rings (SSSR count). The molecular formula is C17H20ClF3N4O. The van der Waals surface area contributed by atoms with Gasteiger partial charge in [-0.2, -0.15) is 18.3 Å². The summed E-state index contributed by atoms with van der Waals surface area (Å²) < 4.78 is 38.9. The fourth-order valence-corrected chi connectivity index (χ4v) is 2.61. The van der Waals surface area contributed by atoms with Gasteiger partial charge in [-0.25, -0.2) is 4.68 Å². The lowest BCUT2D eigenvalue weighted by Crippen LogP contribution is -2.49.